The van der Waals surface area contributed by atoms with Gasteiger partial charge in [0.05, 0.1) is 12.3 Å². The van der Waals surface area contributed by atoms with Crippen LogP contribution in [0.3, 0.4) is 0 Å². The Morgan fingerprint density at radius 1 is 1.22 bits per heavy atom. The van der Waals surface area contributed by atoms with E-state index in [1.54, 1.807) is 12.3 Å². The summed E-state index contributed by atoms with van der Waals surface area (Å²) < 4.78 is 18.2. The Labute approximate surface area is 105 Å². The standard InChI is InChI=1S/C14H16FNO2/c1-9(12-6-5-11(15)8-13(12)17)16-10(2)14-4-3-7-18-14/h3-10,16-17H,1-2H3/t9?,10-/m1/s1. The normalized spacial score (nSPS) is 14.4. The monoisotopic (exact) mass is 249 g/mol. The molecule has 2 aromatic rings. The second-order valence-corrected chi connectivity index (χ2v) is 4.33. The first-order chi connectivity index (χ1) is 8.58. The summed E-state index contributed by atoms with van der Waals surface area (Å²) in [5.74, 6) is 0.340. The molecule has 96 valence electrons. The van der Waals surface area contributed by atoms with Crippen molar-refractivity contribution >= 4 is 0 Å². The third-order valence-corrected chi connectivity index (χ3v) is 2.93. The highest BCUT2D eigenvalue weighted by atomic mass is 19.1. The van der Waals surface area contributed by atoms with Gasteiger partial charge in [0.1, 0.15) is 17.3 Å². The van der Waals surface area contributed by atoms with E-state index >= 15 is 0 Å². The molecular weight excluding hydrogens is 233 g/mol. The number of furan rings is 1. The molecule has 0 amide bonds. The molecule has 0 fully saturated rings. The Morgan fingerprint density at radius 3 is 2.61 bits per heavy atom. The minimum Gasteiger partial charge on any atom is -0.508 e. The van der Waals surface area contributed by atoms with Crippen molar-refractivity contribution in [2.45, 2.75) is 25.9 Å². The largest absolute Gasteiger partial charge is 0.508 e. The SMILES string of the molecule is CC(N[C@H](C)c1ccco1)c1ccc(F)cc1O. The van der Waals surface area contributed by atoms with Crippen LogP contribution in [0.4, 0.5) is 4.39 Å². The summed E-state index contributed by atoms with van der Waals surface area (Å²) in [6.45, 7) is 3.88. The van der Waals surface area contributed by atoms with Crippen LogP contribution in [-0.2, 0) is 0 Å². The molecule has 0 aliphatic carbocycles. The number of aromatic hydroxyl groups is 1. The van der Waals surface area contributed by atoms with Crippen LogP contribution in [0.15, 0.2) is 41.0 Å². The second-order valence-electron chi connectivity index (χ2n) is 4.33. The molecule has 0 spiro atoms. The number of halogens is 1. The lowest BCUT2D eigenvalue weighted by Gasteiger charge is -2.19. The van der Waals surface area contributed by atoms with Crippen molar-refractivity contribution in [2.75, 3.05) is 0 Å². The number of rotatable bonds is 4. The molecule has 1 heterocycles. The van der Waals surface area contributed by atoms with E-state index in [1.165, 1.54) is 6.07 Å². The molecule has 0 saturated heterocycles. The minimum absolute atomic E-state index is 0.0134. The molecule has 2 N–H and O–H groups in total. The van der Waals surface area contributed by atoms with Gasteiger partial charge in [-0.2, -0.15) is 0 Å². The molecule has 2 rings (SSSR count). The van der Waals surface area contributed by atoms with Crippen LogP contribution in [0.5, 0.6) is 5.75 Å². The molecule has 1 aromatic carbocycles. The zero-order chi connectivity index (χ0) is 13.1. The van der Waals surface area contributed by atoms with E-state index in [0.717, 1.165) is 11.8 Å². The lowest BCUT2D eigenvalue weighted by Crippen LogP contribution is -2.22. The van der Waals surface area contributed by atoms with Crippen LogP contribution in [0.1, 0.15) is 37.3 Å². The first-order valence-electron chi connectivity index (χ1n) is 5.86. The highest BCUT2D eigenvalue weighted by Crippen LogP contribution is 2.27. The van der Waals surface area contributed by atoms with E-state index in [9.17, 15) is 9.50 Å². The van der Waals surface area contributed by atoms with Gasteiger partial charge in [0.15, 0.2) is 0 Å². The van der Waals surface area contributed by atoms with Gasteiger partial charge >= 0.3 is 0 Å². The molecular formula is C14H16FNO2. The van der Waals surface area contributed by atoms with Crippen LogP contribution in [-0.4, -0.2) is 5.11 Å². The molecule has 18 heavy (non-hydrogen) atoms. The maximum Gasteiger partial charge on any atom is 0.126 e. The van der Waals surface area contributed by atoms with Gasteiger partial charge < -0.3 is 14.8 Å². The van der Waals surface area contributed by atoms with Crippen molar-refractivity contribution in [1.82, 2.24) is 5.32 Å². The number of hydrogen-bond acceptors (Lipinski definition) is 3. The fourth-order valence-electron chi connectivity index (χ4n) is 1.97. The van der Waals surface area contributed by atoms with Crippen molar-refractivity contribution in [3.63, 3.8) is 0 Å². The van der Waals surface area contributed by atoms with E-state index in [4.69, 9.17) is 4.42 Å². The maximum atomic E-state index is 12.9. The number of phenols is 1. The van der Waals surface area contributed by atoms with Crippen molar-refractivity contribution in [2.24, 2.45) is 0 Å². The van der Waals surface area contributed by atoms with Crippen LogP contribution in [0.2, 0.25) is 0 Å². The molecule has 0 aliphatic rings. The summed E-state index contributed by atoms with van der Waals surface area (Å²) >= 11 is 0. The van der Waals surface area contributed by atoms with E-state index in [0.29, 0.717) is 5.56 Å². The molecule has 4 heteroatoms. The maximum absolute atomic E-state index is 12.9. The van der Waals surface area contributed by atoms with Crippen molar-refractivity contribution in [1.29, 1.82) is 0 Å². The van der Waals surface area contributed by atoms with Gasteiger partial charge in [-0.25, -0.2) is 4.39 Å². The lowest BCUT2D eigenvalue weighted by atomic mass is 10.1. The zero-order valence-corrected chi connectivity index (χ0v) is 10.4. The highest BCUT2D eigenvalue weighted by Gasteiger charge is 2.15. The Hall–Kier alpha value is -1.81. The van der Waals surface area contributed by atoms with Crippen molar-refractivity contribution in [3.05, 3.63) is 53.7 Å². The first-order valence-corrected chi connectivity index (χ1v) is 5.86. The topological polar surface area (TPSA) is 45.4 Å². The van der Waals surface area contributed by atoms with Crippen LogP contribution in [0, 0.1) is 5.82 Å². The smallest absolute Gasteiger partial charge is 0.126 e. The highest BCUT2D eigenvalue weighted by molar-refractivity contribution is 5.35. The minimum atomic E-state index is -0.442. The molecule has 0 aliphatic heterocycles. The van der Waals surface area contributed by atoms with Crippen LogP contribution >= 0.6 is 0 Å². The van der Waals surface area contributed by atoms with Gasteiger partial charge in [0, 0.05) is 17.7 Å². The van der Waals surface area contributed by atoms with Crippen molar-refractivity contribution in [3.8, 4) is 5.75 Å². The molecule has 2 atom stereocenters. The molecule has 0 bridgehead atoms. The predicted octanol–water partition coefficient (Wildman–Crippen LogP) is 3.54. The Kier molecular flexibility index (Phi) is 3.67. The number of nitrogens with one attached hydrogen (secondary N) is 1. The van der Waals surface area contributed by atoms with Gasteiger partial charge in [-0.1, -0.05) is 6.07 Å². The summed E-state index contributed by atoms with van der Waals surface area (Å²) in [6, 6.07) is 7.65. The molecule has 0 radical (unpaired) electrons. The third kappa shape index (κ3) is 2.71. The van der Waals surface area contributed by atoms with Crippen molar-refractivity contribution < 1.29 is 13.9 Å². The van der Waals surface area contributed by atoms with E-state index in [1.807, 2.05) is 26.0 Å². The van der Waals surface area contributed by atoms with Crippen LogP contribution in [0.25, 0.3) is 0 Å². The van der Waals surface area contributed by atoms with Crippen LogP contribution < -0.4 is 5.32 Å². The average molecular weight is 249 g/mol. The van der Waals surface area contributed by atoms with Gasteiger partial charge in [-0.15, -0.1) is 0 Å². The molecule has 1 aromatic heterocycles. The van der Waals surface area contributed by atoms with E-state index in [-0.39, 0.29) is 17.8 Å². The molecule has 0 saturated carbocycles. The second kappa shape index (κ2) is 5.23. The Morgan fingerprint density at radius 2 is 2.00 bits per heavy atom. The summed E-state index contributed by atoms with van der Waals surface area (Å²) in [5.41, 5.74) is 0.662. The van der Waals surface area contributed by atoms with Gasteiger partial charge in [0.25, 0.3) is 0 Å². The fraction of sp³-hybridized carbons (Fsp3) is 0.286. The Bertz CT molecular complexity index is 511. The zero-order valence-electron chi connectivity index (χ0n) is 10.4. The van der Waals surface area contributed by atoms with Gasteiger partial charge in [0.2, 0.25) is 0 Å². The lowest BCUT2D eigenvalue weighted by molar-refractivity contribution is 0.391. The number of hydrogen-bond donors (Lipinski definition) is 2. The summed E-state index contributed by atoms with van der Waals surface area (Å²) in [4.78, 5) is 0. The number of benzene rings is 1. The van der Waals surface area contributed by atoms with Gasteiger partial charge in [-0.05, 0) is 32.0 Å². The van der Waals surface area contributed by atoms with E-state index < -0.39 is 5.82 Å². The average Bonchev–Trinajstić information content (AvgIpc) is 2.81. The van der Waals surface area contributed by atoms with Gasteiger partial charge in [-0.3, -0.25) is 0 Å². The third-order valence-electron chi connectivity index (χ3n) is 2.93. The summed E-state index contributed by atoms with van der Waals surface area (Å²) in [5, 5.41) is 13.0. The summed E-state index contributed by atoms with van der Waals surface area (Å²) in [7, 11) is 0. The molecule has 3 nitrogen and oxygen atoms in total. The van der Waals surface area contributed by atoms with E-state index in [2.05, 4.69) is 5.32 Å². The quantitative estimate of drug-likeness (QED) is 0.871. The summed E-state index contributed by atoms with van der Waals surface area (Å²) in [6.07, 6.45) is 1.62. The fourth-order valence-corrected chi connectivity index (χ4v) is 1.97. The molecule has 1 unspecified atom stereocenters. The number of phenolic OH excluding ortho intramolecular Hbond substituents is 1. The Balaban J connectivity index is 2.10. The predicted molar refractivity (Wildman–Crippen MR) is 66.7 cm³/mol. The first kappa shape index (κ1) is 12.6.